The van der Waals surface area contributed by atoms with Crippen LogP contribution in [0.5, 0.6) is 5.75 Å². The van der Waals surface area contributed by atoms with Gasteiger partial charge in [-0.1, -0.05) is 18.2 Å². The van der Waals surface area contributed by atoms with Crippen molar-refractivity contribution in [1.82, 2.24) is 0 Å². The summed E-state index contributed by atoms with van der Waals surface area (Å²) in [6, 6.07) is 7.54. The summed E-state index contributed by atoms with van der Waals surface area (Å²) in [5.41, 5.74) is 1.05. The molecule has 0 amide bonds. The van der Waals surface area contributed by atoms with Crippen LogP contribution in [-0.4, -0.2) is 11.8 Å². The maximum absolute atomic E-state index is 11.6. The van der Waals surface area contributed by atoms with Gasteiger partial charge in [0.1, 0.15) is 11.5 Å². The van der Waals surface area contributed by atoms with Gasteiger partial charge in [0.25, 0.3) is 0 Å². The van der Waals surface area contributed by atoms with Crippen LogP contribution in [0.3, 0.4) is 0 Å². The predicted octanol–water partition coefficient (Wildman–Crippen LogP) is 2.13. The lowest BCUT2D eigenvalue weighted by Gasteiger charge is -2.22. The fraction of sp³-hybridized carbons (Fsp3) is 0.385. The first-order valence-electron chi connectivity index (χ1n) is 5.46. The van der Waals surface area contributed by atoms with Gasteiger partial charge in [0.15, 0.2) is 0 Å². The van der Waals surface area contributed by atoms with Crippen LogP contribution in [0.1, 0.15) is 25.3 Å². The molecule has 0 aliphatic carbocycles. The quantitative estimate of drug-likeness (QED) is 0.576. The van der Waals surface area contributed by atoms with E-state index in [0.29, 0.717) is 25.0 Å². The second kappa shape index (κ2) is 4.47. The van der Waals surface area contributed by atoms with Gasteiger partial charge in [-0.3, -0.25) is 4.79 Å². The fourth-order valence-corrected chi connectivity index (χ4v) is 1.91. The third-order valence-corrected chi connectivity index (χ3v) is 2.83. The normalized spacial score (nSPS) is 18.8. The number of carbonyl (C=O) groups excluding carboxylic acids is 2. The largest absolute Gasteiger partial charge is 0.426 e. The first-order valence-corrected chi connectivity index (χ1v) is 5.46. The molecule has 0 aromatic heterocycles. The van der Waals surface area contributed by atoms with E-state index < -0.39 is 0 Å². The molecule has 1 aromatic carbocycles. The minimum absolute atomic E-state index is 0.117. The van der Waals surface area contributed by atoms with Crippen LogP contribution in [0.25, 0.3) is 0 Å². The molecule has 1 heterocycles. The Hall–Kier alpha value is -1.64. The second-order valence-electron chi connectivity index (χ2n) is 4.17. The Morgan fingerprint density at radius 3 is 2.94 bits per heavy atom. The molecule has 3 nitrogen and oxygen atoms in total. The number of carbonyl (C=O) groups is 2. The minimum Gasteiger partial charge on any atom is -0.426 e. The summed E-state index contributed by atoms with van der Waals surface area (Å²) in [4.78, 5) is 22.5. The molecular weight excluding hydrogens is 204 g/mol. The molecule has 1 unspecified atom stereocenters. The van der Waals surface area contributed by atoms with E-state index in [1.807, 2.05) is 18.2 Å². The van der Waals surface area contributed by atoms with E-state index in [4.69, 9.17) is 4.74 Å². The molecule has 1 aromatic rings. The van der Waals surface area contributed by atoms with Gasteiger partial charge in [-0.05, 0) is 31.4 Å². The highest BCUT2D eigenvalue weighted by Crippen LogP contribution is 2.29. The predicted molar refractivity (Wildman–Crippen MR) is 59.2 cm³/mol. The van der Waals surface area contributed by atoms with E-state index in [1.165, 1.54) is 0 Å². The molecule has 0 radical (unpaired) electrons. The minimum atomic E-state index is -0.208. The zero-order valence-corrected chi connectivity index (χ0v) is 9.23. The number of para-hydroxylation sites is 1. The average molecular weight is 218 g/mol. The maximum Gasteiger partial charge on any atom is 0.314 e. The Bertz CT molecular complexity index is 423. The zero-order valence-electron chi connectivity index (χ0n) is 9.23. The first-order chi connectivity index (χ1) is 7.66. The summed E-state index contributed by atoms with van der Waals surface area (Å²) < 4.78 is 5.23. The molecule has 1 aliphatic heterocycles. The Morgan fingerprint density at radius 2 is 2.19 bits per heavy atom. The maximum atomic E-state index is 11.6. The molecule has 1 atom stereocenters. The van der Waals surface area contributed by atoms with Crippen molar-refractivity contribution in [2.24, 2.45) is 5.92 Å². The molecule has 0 bridgehead atoms. The summed E-state index contributed by atoms with van der Waals surface area (Å²) >= 11 is 0. The molecule has 0 spiro atoms. The fourth-order valence-electron chi connectivity index (χ4n) is 1.91. The van der Waals surface area contributed by atoms with E-state index in [2.05, 4.69) is 0 Å². The summed E-state index contributed by atoms with van der Waals surface area (Å²) in [6.07, 6.45) is 1.72. The monoisotopic (exact) mass is 218 g/mol. The highest BCUT2D eigenvalue weighted by atomic mass is 16.5. The topological polar surface area (TPSA) is 43.4 Å². The average Bonchev–Trinajstić information content (AvgIpc) is 2.26. The van der Waals surface area contributed by atoms with Gasteiger partial charge in [0, 0.05) is 6.42 Å². The van der Waals surface area contributed by atoms with Crippen molar-refractivity contribution in [3.05, 3.63) is 29.8 Å². The highest BCUT2D eigenvalue weighted by molar-refractivity contribution is 5.80. The van der Waals surface area contributed by atoms with Gasteiger partial charge < -0.3 is 9.53 Å². The lowest BCUT2D eigenvalue weighted by molar-refractivity contribution is -0.140. The Balaban J connectivity index is 2.09. The molecule has 3 heteroatoms. The van der Waals surface area contributed by atoms with Crippen LogP contribution in [0.4, 0.5) is 0 Å². The van der Waals surface area contributed by atoms with Crippen LogP contribution in [0.2, 0.25) is 0 Å². The van der Waals surface area contributed by atoms with Crippen molar-refractivity contribution in [2.75, 3.05) is 0 Å². The van der Waals surface area contributed by atoms with Gasteiger partial charge >= 0.3 is 5.97 Å². The molecule has 0 saturated carbocycles. The first kappa shape index (κ1) is 10.9. The number of fused-ring (bicyclic) bond motifs is 1. The van der Waals surface area contributed by atoms with Crippen molar-refractivity contribution in [1.29, 1.82) is 0 Å². The molecule has 0 N–H and O–H groups in total. The second-order valence-corrected chi connectivity index (χ2v) is 4.17. The van der Waals surface area contributed by atoms with E-state index in [0.717, 1.165) is 5.56 Å². The summed E-state index contributed by atoms with van der Waals surface area (Å²) in [7, 11) is 0. The van der Waals surface area contributed by atoms with Crippen LogP contribution in [-0.2, 0) is 16.0 Å². The van der Waals surface area contributed by atoms with Crippen LogP contribution in [0, 0.1) is 5.92 Å². The van der Waals surface area contributed by atoms with E-state index >= 15 is 0 Å². The standard InChI is InChI=1S/C13H14O3/c1-9(14)6-7-11-8-10-4-2-3-5-12(10)16-13(11)15/h2-5,11H,6-8H2,1H3. The van der Waals surface area contributed by atoms with Gasteiger partial charge in [-0.2, -0.15) is 0 Å². The number of benzene rings is 1. The number of Topliss-reactive ketones (excluding diaryl/α,β-unsaturated/α-hetero) is 1. The Morgan fingerprint density at radius 1 is 1.44 bits per heavy atom. The van der Waals surface area contributed by atoms with Crippen molar-refractivity contribution in [3.63, 3.8) is 0 Å². The lowest BCUT2D eigenvalue weighted by Crippen LogP contribution is -2.28. The van der Waals surface area contributed by atoms with Gasteiger partial charge in [0.05, 0.1) is 5.92 Å². The van der Waals surface area contributed by atoms with Crippen LogP contribution in [0.15, 0.2) is 24.3 Å². The SMILES string of the molecule is CC(=O)CCC1Cc2ccccc2OC1=O. The number of rotatable bonds is 3. The van der Waals surface area contributed by atoms with Gasteiger partial charge in [0.2, 0.25) is 0 Å². The summed E-state index contributed by atoms with van der Waals surface area (Å²) in [6.45, 7) is 1.54. The zero-order chi connectivity index (χ0) is 11.5. The molecule has 16 heavy (non-hydrogen) atoms. The number of ketones is 1. The van der Waals surface area contributed by atoms with Crippen molar-refractivity contribution in [2.45, 2.75) is 26.2 Å². The van der Waals surface area contributed by atoms with Crippen molar-refractivity contribution in [3.8, 4) is 5.75 Å². The van der Waals surface area contributed by atoms with Crippen LogP contribution < -0.4 is 4.74 Å². The van der Waals surface area contributed by atoms with E-state index in [1.54, 1.807) is 13.0 Å². The third kappa shape index (κ3) is 2.30. The summed E-state index contributed by atoms with van der Waals surface area (Å²) in [5.74, 6) is 0.400. The number of hydrogen-bond acceptors (Lipinski definition) is 3. The molecule has 0 saturated heterocycles. The molecule has 0 fully saturated rings. The van der Waals surface area contributed by atoms with E-state index in [-0.39, 0.29) is 17.7 Å². The van der Waals surface area contributed by atoms with E-state index in [9.17, 15) is 9.59 Å². The van der Waals surface area contributed by atoms with Crippen molar-refractivity contribution < 1.29 is 14.3 Å². The molecular formula is C13H14O3. The van der Waals surface area contributed by atoms with Gasteiger partial charge in [-0.15, -0.1) is 0 Å². The number of ether oxygens (including phenoxy) is 1. The highest BCUT2D eigenvalue weighted by Gasteiger charge is 2.27. The molecule has 1 aliphatic rings. The number of esters is 1. The smallest absolute Gasteiger partial charge is 0.314 e. The Labute approximate surface area is 94.4 Å². The Kier molecular flexibility index (Phi) is 3.04. The molecule has 2 rings (SSSR count). The summed E-state index contributed by atoms with van der Waals surface area (Å²) in [5, 5.41) is 0. The lowest BCUT2D eigenvalue weighted by atomic mass is 9.91. The number of hydrogen-bond donors (Lipinski definition) is 0. The third-order valence-electron chi connectivity index (χ3n) is 2.83. The molecule has 84 valence electrons. The van der Waals surface area contributed by atoms with Gasteiger partial charge in [-0.25, -0.2) is 0 Å². The van der Waals surface area contributed by atoms with Crippen molar-refractivity contribution >= 4 is 11.8 Å². The van der Waals surface area contributed by atoms with Crippen LogP contribution >= 0.6 is 0 Å².